The van der Waals surface area contributed by atoms with Crippen LogP contribution in [-0.4, -0.2) is 33.2 Å². The highest BCUT2D eigenvalue weighted by Gasteiger charge is 2.14. The number of carbonyl (C=O) groups excluding carboxylic acids is 1. The van der Waals surface area contributed by atoms with E-state index in [1.54, 1.807) is 24.3 Å². The lowest BCUT2D eigenvalue weighted by atomic mass is 10.1. The first-order valence-electron chi connectivity index (χ1n) is 9.19. The predicted octanol–water partition coefficient (Wildman–Crippen LogP) is 4.86. The zero-order chi connectivity index (χ0) is 21.4. The van der Waals surface area contributed by atoms with Crippen LogP contribution in [0.2, 0.25) is 0 Å². The molecule has 0 radical (unpaired) electrons. The summed E-state index contributed by atoms with van der Waals surface area (Å²) in [6.45, 7) is 4.72. The van der Waals surface area contributed by atoms with Gasteiger partial charge in [0.2, 0.25) is 0 Å². The third kappa shape index (κ3) is 6.00. The Kier molecular flexibility index (Phi) is 8.10. The maximum Gasteiger partial charge on any atom is 0.266 e. The van der Waals surface area contributed by atoms with Gasteiger partial charge >= 0.3 is 0 Å². The molecule has 0 aliphatic rings. The van der Waals surface area contributed by atoms with Crippen LogP contribution in [0.1, 0.15) is 19.4 Å². The van der Waals surface area contributed by atoms with Gasteiger partial charge in [0, 0.05) is 25.5 Å². The first-order chi connectivity index (χ1) is 13.9. The summed E-state index contributed by atoms with van der Waals surface area (Å²) in [5, 5.41) is 12.2. The van der Waals surface area contributed by atoms with Crippen molar-refractivity contribution in [1.29, 1.82) is 5.26 Å². The van der Waals surface area contributed by atoms with Crippen molar-refractivity contribution in [2.75, 3.05) is 37.5 Å². The summed E-state index contributed by atoms with van der Waals surface area (Å²) >= 11 is 3.47. The summed E-state index contributed by atoms with van der Waals surface area (Å²) < 4.78 is 11.9. The van der Waals surface area contributed by atoms with E-state index in [1.807, 2.05) is 51.0 Å². The molecule has 2 aromatic carbocycles. The summed E-state index contributed by atoms with van der Waals surface area (Å²) in [5.41, 5.74) is 2.27. The zero-order valence-electron chi connectivity index (χ0n) is 17.0. The molecule has 0 saturated heterocycles. The van der Waals surface area contributed by atoms with Gasteiger partial charge in [0.05, 0.1) is 17.7 Å². The summed E-state index contributed by atoms with van der Waals surface area (Å²) in [6.07, 6.45) is 1.52. The van der Waals surface area contributed by atoms with E-state index in [0.717, 1.165) is 5.69 Å². The first-order valence-corrected chi connectivity index (χ1v) is 9.98. The Bertz CT molecular complexity index is 932. The van der Waals surface area contributed by atoms with Gasteiger partial charge < -0.3 is 19.7 Å². The molecule has 0 heterocycles. The fourth-order valence-electron chi connectivity index (χ4n) is 2.58. The Morgan fingerprint density at radius 2 is 1.83 bits per heavy atom. The number of hydrogen-bond acceptors (Lipinski definition) is 5. The lowest BCUT2D eigenvalue weighted by molar-refractivity contribution is -0.112. The van der Waals surface area contributed by atoms with Crippen LogP contribution in [0.25, 0.3) is 6.08 Å². The monoisotopic (exact) mass is 457 g/mol. The molecule has 0 saturated carbocycles. The van der Waals surface area contributed by atoms with Crippen molar-refractivity contribution in [3.05, 3.63) is 52.0 Å². The fourth-order valence-corrected chi connectivity index (χ4v) is 3.15. The molecule has 6 nitrogen and oxygen atoms in total. The van der Waals surface area contributed by atoms with Crippen LogP contribution in [0.5, 0.6) is 11.5 Å². The van der Waals surface area contributed by atoms with Crippen LogP contribution >= 0.6 is 15.9 Å². The topological polar surface area (TPSA) is 74.6 Å². The summed E-state index contributed by atoms with van der Waals surface area (Å²) in [6, 6.07) is 12.9. The van der Waals surface area contributed by atoms with Crippen molar-refractivity contribution in [3.63, 3.8) is 0 Å². The van der Waals surface area contributed by atoms with E-state index in [0.29, 0.717) is 40.4 Å². The van der Waals surface area contributed by atoms with Crippen LogP contribution in [0.3, 0.4) is 0 Å². The Morgan fingerprint density at radius 3 is 2.38 bits per heavy atom. The molecular weight excluding hydrogens is 434 g/mol. The lowest BCUT2D eigenvalue weighted by Crippen LogP contribution is -2.14. The Labute approximate surface area is 179 Å². The second-order valence-electron chi connectivity index (χ2n) is 6.26. The van der Waals surface area contributed by atoms with Crippen LogP contribution in [-0.2, 0) is 4.79 Å². The van der Waals surface area contributed by atoms with Gasteiger partial charge in [-0.25, -0.2) is 0 Å². The number of ether oxygens (including phenoxy) is 2. The van der Waals surface area contributed by atoms with Gasteiger partial charge in [0.25, 0.3) is 5.91 Å². The highest BCUT2D eigenvalue weighted by molar-refractivity contribution is 9.10. The van der Waals surface area contributed by atoms with E-state index < -0.39 is 5.91 Å². The van der Waals surface area contributed by atoms with Gasteiger partial charge in [0.1, 0.15) is 11.6 Å². The number of nitriles is 1. The maximum atomic E-state index is 12.6. The van der Waals surface area contributed by atoms with Gasteiger partial charge in [-0.1, -0.05) is 0 Å². The number of benzene rings is 2. The molecule has 152 valence electrons. The predicted molar refractivity (Wildman–Crippen MR) is 119 cm³/mol. The number of nitrogens with one attached hydrogen (secondary N) is 1. The number of rotatable bonds is 8. The van der Waals surface area contributed by atoms with E-state index in [-0.39, 0.29) is 5.57 Å². The van der Waals surface area contributed by atoms with Gasteiger partial charge in [-0.15, -0.1) is 0 Å². The third-order valence-electron chi connectivity index (χ3n) is 3.94. The molecule has 1 N–H and O–H groups in total. The molecule has 0 aliphatic carbocycles. The highest BCUT2D eigenvalue weighted by atomic mass is 79.9. The smallest absolute Gasteiger partial charge is 0.266 e. The van der Waals surface area contributed by atoms with E-state index in [1.165, 1.54) is 6.08 Å². The summed E-state index contributed by atoms with van der Waals surface area (Å²) in [7, 11) is 3.88. The molecule has 29 heavy (non-hydrogen) atoms. The molecule has 2 aromatic rings. The molecule has 1 amide bonds. The lowest BCUT2D eigenvalue weighted by Gasteiger charge is -2.14. The zero-order valence-corrected chi connectivity index (χ0v) is 18.5. The molecule has 2 rings (SSSR count). The second kappa shape index (κ2) is 10.5. The quantitative estimate of drug-likeness (QED) is 0.452. The van der Waals surface area contributed by atoms with E-state index >= 15 is 0 Å². The molecule has 0 spiro atoms. The minimum absolute atomic E-state index is 0.0137. The SMILES string of the molecule is CCOc1cc(/C=C(/C#N)C(=O)Nc2ccc(N(C)C)cc2)cc(Br)c1OCC. The summed E-state index contributed by atoms with van der Waals surface area (Å²) in [4.78, 5) is 14.5. The van der Waals surface area contributed by atoms with Crippen LogP contribution < -0.4 is 19.7 Å². The van der Waals surface area contributed by atoms with Crippen molar-refractivity contribution in [1.82, 2.24) is 0 Å². The second-order valence-corrected chi connectivity index (χ2v) is 7.12. The third-order valence-corrected chi connectivity index (χ3v) is 4.53. The first kappa shape index (κ1) is 22.3. The van der Waals surface area contributed by atoms with E-state index in [4.69, 9.17) is 9.47 Å². The number of amides is 1. The Morgan fingerprint density at radius 1 is 1.17 bits per heavy atom. The largest absolute Gasteiger partial charge is 0.490 e. The van der Waals surface area contributed by atoms with Crippen LogP contribution in [0.15, 0.2) is 46.4 Å². The van der Waals surface area contributed by atoms with Gasteiger partial charge in [0.15, 0.2) is 11.5 Å². The van der Waals surface area contributed by atoms with Crippen molar-refractivity contribution in [3.8, 4) is 17.6 Å². The Hall–Kier alpha value is -2.98. The number of halogens is 1. The molecular formula is C22H24BrN3O3. The van der Waals surface area contributed by atoms with Gasteiger partial charge in [-0.2, -0.15) is 5.26 Å². The van der Waals surface area contributed by atoms with Crippen molar-refractivity contribution < 1.29 is 14.3 Å². The minimum Gasteiger partial charge on any atom is -0.490 e. The highest BCUT2D eigenvalue weighted by Crippen LogP contribution is 2.37. The average molecular weight is 458 g/mol. The van der Waals surface area contributed by atoms with Gasteiger partial charge in [-0.05, 0) is 77.8 Å². The average Bonchev–Trinajstić information content (AvgIpc) is 2.69. The fraction of sp³-hybridized carbons (Fsp3) is 0.273. The standard InChI is InChI=1S/C22H24BrN3O3/c1-5-28-20-13-15(12-19(23)21(20)29-6-2)11-16(14-24)22(27)25-17-7-9-18(10-8-17)26(3)4/h7-13H,5-6H2,1-4H3,(H,25,27)/b16-11-. The van der Waals surface area contributed by atoms with E-state index in [9.17, 15) is 10.1 Å². The molecule has 0 unspecified atom stereocenters. The van der Waals surface area contributed by atoms with E-state index in [2.05, 4.69) is 21.2 Å². The molecule has 0 aliphatic heterocycles. The number of carbonyl (C=O) groups is 1. The van der Waals surface area contributed by atoms with Crippen molar-refractivity contribution in [2.45, 2.75) is 13.8 Å². The number of hydrogen-bond donors (Lipinski definition) is 1. The number of anilines is 2. The normalized spacial score (nSPS) is 10.8. The van der Waals surface area contributed by atoms with Crippen LogP contribution in [0, 0.1) is 11.3 Å². The maximum absolute atomic E-state index is 12.6. The molecule has 0 bridgehead atoms. The minimum atomic E-state index is -0.479. The Balaban J connectivity index is 2.28. The van der Waals surface area contributed by atoms with Crippen LogP contribution in [0.4, 0.5) is 11.4 Å². The molecule has 0 aromatic heterocycles. The molecule has 0 fully saturated rings. The van der Waals surface area contributed by atoms with Gasteiger partial charge in [-0.3, -0.25) is 4.79 Å². The van der Waals surface area contributed by atoms with Crippen molar-refractivity contribution in [2.24, 2.45) is 0 Å². The summed E-state index contributed by atoms with van der Waals surface area (Å²) in [5.74, 6) is 0.662. The van der Waals surface area contributed by atoms with Crippen molar-refractivity contribution >= 4 is 39.3 Å². The molecule has 7 heteroatoms. The molecule has 0 atom stereocenters. The number of nitrogens with zero attached hydrogens (tertiary/aromatic N) is 2.